The minimum atomic E-state index is -0.659. The summed E-state index contributed by atoms with van der Waals surface area (Å²) in [6, 6.07) is 11.0. The Hall–Kier alpha value is -2.48. The van der Waals surface area contributed by atoms with Crippen LogP contribution in [0.5, 0.6) is 0 Å². The number of hydrogen-bond acceptors (Lipinski definition) is 9. The Labute approximate surface area is 223 Å². The van der Waals surface area contributed by atoms with Crippen molar-refractivity contribution in [2.75, 3.05) is 43.6 Å². The number of nitrogens with one attached hydrogen (secondary N) is 3. The van der Waals surface area contributed by atoms with Gasteiger partial charge in [0.15, 0.2) is 0 Å². The number of hydrogen-bond donors (Lipinski definition) is 3. The molecule has 0 unspecified atom stereocenters. The van der Waals surface area contributed by atoms with Crippen molar-refractivity contribution in [1.82, 2.24) is 15.3 Å². The van der Waals surface area contributed by atoms with Gasteiger partial charge in [-0.05, 0) is 56.7 Å². The van der Waals surface area contributed by atoms with Gasteiger partial charge in [0, 0.05) is 50.5 Å². The van der Waals surface area contributed by atoms with Crippen LogP contribution in [-0.4, -0.2) is 60.9 Å². The maximum Gasteiger partial charge on any atom is 0.224 e. The molecule has 10 heteroatoms. The molecule has 0 bridgehead atoms. The van der Waals surface area contributed by atoms with Crippen molar-refractivity contribution < 1.29 is 14.2 Å². The third-order valence-corrected chi connectivity index (χ3v) is 7.86. The number of ether oxygens (including phenoxy) is 3. The summed E-state index contributed by atoms with van der Waals surface area (Å²) in [6.07, 6.45) is 7.24. The first-order valence-corrected chi connectivity index (χ1v) is 13.5. The maximum atomic E-state index is 9.73. The van der Waals surface area contributed by atoms with Gasteiger partial charge in [0.1, 0.15) is 11.6 Å². The van der Waals surface area contributed by atoms with Crippen LogP contribution < -0.4 is 16.0 Å². The Morgan fingerprint density at radius 3 is 2.51 bits per heavy atom. The number of aromatic nitrogens is 2. The largest absolute Gasteiger partial charge is 0.381 e. The third-order valence-electron chi connectivity index (χ3n) is 7.56. The van der Waals surface area contributed by atoms with Crippen LogP contribution >= 0.6 is 11.6 Å². The molecular weight excluding hydrogens is 492 g/mol. The molecule has 0 aromatic carbocycles. The van der Waals surface area contributed by atoms with E-state index in [2.05, 4.69) is 27.0 Å². The third kappa shape index (κ3) is 6.51. The molecule has 2 saturated heterocycles. The summed E-state index contributed by atoms with van der Waals surface area (Å²) in [5, 5.41) is 20.7. The quantitative estimate of drug-likeness (QED) is 0.455. The van der Waals surface area contributed by atoms with Gasteiger partial charge in [0.05, 0.1) is 35.4 Å². The highest BCUT2D eigenvalue weighted by atomic mass is 35.5. The maximum absolute atomic E-state index is 9.73. The lowest BCUT2D eigenvalue weighted by Crippen LogP contribution is -2.50. The van der Waals surface area contributed by atoms with Gasteiger partial charge in [0.2, 0.25) is 5.91 Å². The molecule has 3 fully saturated rings. The van der Waals surface area contributed by atoms with Gasteiger partial charge in [-0.25, -0.2) is 9.97 Å². The summed E-state index contributed by atoms with van der Waals surface area (Å²) in [5.41, 5.74) is 1.16. The van der Waals surface area contributed by atoms with E-state index in [0.717, 1.165) is 61.4 Å². The predicted molar refractivity (Wildman–Crippen MR) is 142 cm³/mol. The first kappa shape index (κ1) is 26.1. The van der Waals surface area contributed by atoms with Crippen LogP contribution in [0.2, 0.25) is 5.02 Å². The fraction of sp³-hybridized carbons (Fsp3) is 0.593. The zero-order valence-electron chi connectivity index (χ0n) is 21.3. The molecule has 5 rings (SSSR count). The number of anilines is 2. The Kier molecular flexibility index (Phi) is 8.12. The van der Waals surface area contributed by atoms with E-state index in [1.54, 1.807) is 6.20 Å². The van der Waals surface area contributed by atoms with Gasteiger partial charge in [-0.2, -0.15) is 5.26 Å². The Bertz CT molecular complexity index is 1110. The molecule has 9 nitrogen and oxygen atoms in total. The summed E-state index contributed by atoms with van der Waals surface area (Å²) < 4.78 is 16.8. The van der Waals surface area contributed by atoms with Crippen LogP contribution in [0.1, 0.15) is 45.4 Å². The summed E-state index contributed by atoms with van der Waals surface area (Å²) in [4.78, 5) is 9.30. The van der Waals surface area contributed by atoms with E-state index >= 15 is 0 Å². The van der Waals surface area contributed by atoms with E-state index in [0.29, 0.717) is 50.1 Å². The lowest BCUT2D eigenvalue weighted by atomic mass is 9.82. The van der Waals surface area contributed by atoms with Crippen molar-refractivity contribution >= 4 is 23.2 Å². The molecule has 198 valence electrons. The van der Waals surface area contributed by atoms with Crippen molar-refractivity contribution in [2.24, 2.45) is 5.41 Å². The van der Waals surface area contributed by atoms with Crippen LogP contribution in [0, 0.1) is 16.7 Å². The van der Waals surface area contributed by atoms with E-state index in [9.17, 15) is 5.26 Å². The molecule has 2 aliphatic heterocycles. The van der Waals surface area contributed by atoms with E-state index in [4.69, 9.17) is 30.8 Å². The van der Waals surface area contributed by atoms with Crippen molar-refractivity contribution in [3.8, 4) is 17.3 Å². The minimum Gasteiger partial charge on any atom is -0.381 e. The van der Waals surface area contributed by atoms with E-state index in [1.807, 2.05) is 31.2 Å². The van der Waals surface area contributed by atoms with Crippen LogP contribution in [0.25, 0.3) is 11.3 Å². The number of nitriles is 1. The fourth-order valence-corrected chi connectivity index (χ4v) is 5.51. The SMILES string of the molecule is CC1(NC2CCC(Nc3cc(-c4cccc(NCC5(C#N)CCOCC5)n4)c(Cl)cn3)CC2)OCCO1. The van der Waals surface area contributed by atoms with E-state index in [-0.39, 0.29) is 0 Å². The lowest BCUT2D eigenvalue weighted by molar-refractivity contribution is -0.173. The van der Waals surface area contributed by atoms with Gasteiger partial charge in [-0.1, -0.05) is 17.7 Å². The molecule has 2 aromatic rings. The van der Waals surface area contributed by atoms with Crippen LogP contribution in [-0.2, 0) is 14.2 Å². The summed E-state index contributed by atoms with van der Waals surface area (Å²) >= 11 is 6.54. The van der Waals surface area contributed by atoms with E-state index in [1.165, 1.54) is 0 Å². The molecule has 3 N–H and O–H groups in total. The van der Waals surface area contributed by atoms with Gasteiger partial charge in [0.25, 0.3) is 0 Å². The van der Waals surface area contributed by atoms with Crippen molar-refractivity contribution in [1.29, 1.82) is 5.26 Å². The Balaban J connectivity index is 1.20. The molecule has 37 heavy (non-hydrogen) atoms. The number of nitrogens with zero attached hydrogens (tertiary/aromatic N) is 3. The van der Waals surface area contributed by atoms with Gasteiger partial charge in [-0.15, -0.1) is 0 Å². The highest BCUT2D eigenvalue weighted by Gasteiger charge is 2.35. The highest BCUT2D eigenvalue weighted by molar-refractivity contribution is 6.33. The van der Waals surface area contributed by atoms with Crippen LogP contribution in [0.15, 0.2) is 30.5 Å². The first-order chi connectivity index (χ1) is 18.0. The summed E-state index contributed by atoms with van der Waals surface area (Å²) in [6.45, 7) is 4.99. The Morgan fingerprint density at radius 1 is 1.05 bits per heavy atom. The van der Waals surface area contributed by atoms with Crippen molar-refractivity contribution in [3.05, 3.63) is 35.5 Å². The molecule has 0 amide bonds. The fourth-order valence-electron chi connectivity index (χ4n) is 5.31. The standard InChI is InChI=1S/C27H35ClN6O3/c1-26(36-13-14-37-26)34-20-7-5-19(6-8-20)32-25-15-21(22(28)16-30-25)23-3-2-4-24(33-23)31-18-27(17-29)9-11-35-12-10-27/h2-4,15-16,19-20,34H,5-14,18H2,1H3,(H,30,32)(H,31,33). The zero-order chi connectivity index (χ0) is 25.7. The van der Waals surface area contributed by atoms with Crippen LogP contribution in [0.4, 0.5) is 11.6 Å². The van der Waals surface area contributed by atoms with Gasteiger partial charge >= 0.3 is 0 Å². The van der Waals surface area contributed by atoms with Crippen LogP contribution in [0.3, 0.4) is 0 Å². The van der Waals surface area contributed by atoms with Gasteiger partial charge < -0.3 is 24.8 Å². The second-order valence-electron chi connectivity index (χ2n) is 10.3. The normalized spacial score (nSPS) is 24.8. The second-order valence-corrected chi connectivity index (χ2v) is 10.7. The molecule has 1 saturated carbocycles. The zero-order valence-corrected chi connectivity index (χ0v) is 22.0. The minimum absolute atomic E-state index is 0.334. The Morgan fingerprint density at radius 2 is 1.78 bits per heavy atom. The van der Waals surface area contributed by atoms with Crippen molar-refractivity contribution in [2.45, 2.75) is 63.4 Å². The molecule has 1 aliphatic carbocycles. The molecule has 3 aliphatic rings. The molecule has 0 spiro atoms. The number of rotatable bonds is 8. The molecule has 4 heterocycles. The second kappa shape index (κ2) is 11.5. The highest BCUT2D eigenvalue weighted by Crippen LogP contribution is 2.32. The predicted octanol–water partition coefficient (Wildman–Crippen LogP) is 4.56. The molecule has 0 atom stereocenters. The summed E-state index contributed by atoms with van der Waals surface area (Å²) in [7, 11) is 0. The molecule has 2 aromatic heterocycles. The lowest BCUT2D eigenvalue weighted by Gasteiger charge is -2.35. The number of halogens is 1. The van der Waals surface area contributed by atoms with E-state index < -0.39 is 11.3 Å². The number of pyridine rings is 2. The van der Waals surface area contributed by atoms with Gasteiger partial charge in [-0.3, -0.25) is 5.32 Å². The average Bonchev–Trinajstić information content (AvgIpc) is 3.36. The van der Waals surface area contributed by atoms with Crippen molar-refractivity contribution in [3.63, 3.8) is 0 Å². The molecular formula is C27H35ClN6O3. The smallest absolute Gasteiger partial charge is 0.224 e. The summed E-state index contributed by atoms with van der Waals surface area (Å²) in [5.74, 6) is 0.848. The molecule has 0 radical (unpaired) electrons. The average molecular weight is 527 g/mol. The monoisotopic (exact) mass is 526 g/mol. The topological polar surface area (TPSA) is 113 Å². The first-order valence-electron chi connectivity index (χ1n) is 13.1.